The summed E-state index contributed by atoms with van der Waals surface area (Å²) in [5.74, 6) is 0.909. The van der Waals surface area contributed by atoms with Gasteiger partial charge >= 0.3 is 12.0 Å². The fourth-order valence-electron chi connectivity index (χ4n) is 4.01. The van der Waals surface area contributed by atoms with Crippen molar-refractivity contribution < 1.29 is 27.3 Å². The molecule has 1 aliphatic heterocycles. The maximum atomic E-state index is 12.8. The maximum absolute atomic E-state index is 12.8. The van der Waals surface area contributed by atoms with Gasteiger partial charge in [-0.3, -0.25) is 10.1 Å². The van der Waals surface area contributed by atoms with Crippen molar-refractivity contribution in [1.29, 1.82) is 0 Å². The van der Waals surface area contributed by atoms with Crippen LogP contribution in [0.25, 0.3) is 0 Å². The second kappa shape index (κ2) is 10.7. The Hall–Kier alpha value is -2.10. The van der Waals surface area contributed by atoms with E-state index in [1.165, 1.54) is 17.7 Å². The zero-order valence-corrected chi connectivity index (χ0v) is 20.1. The van der Waals surface area contributed by atoms with Crippen molar-refractivity contribution in [3.63, 3.8) is 0 Å². The van der Waals surface area contributed by atoms with E-state index in [0.29, 0.717) is 62.3 Å². The van der Waals surface area contributed by atoms with Crippen LogP contribution in [0.15, 0.2) is 4.52 Å². The number of imide groups is 1. The van der Waals surface area contributed by atoms with Crippen molar-refractivity contribution in [2.45, 2.75) is 65.2 Å². The van der Waals surface area contributed by atoms with Gasteiger partial charge in [-0.15, -0.1) is 0 Å². The maximum Gasteiger partial charge on any atom is 0.324 e. The first kappa shape index (κ1) is 24.5. The topological polar surface area (TPSA) is 119 Å². The Labute approximate surface area is 190 Å². The molecule has 0 unspecified atom stereocenters. The summed E-state index contributed by atoms with van der Waals surface area (Å²) >= 11 is 0. The molecule has 1 aromatic rings. The van der Waals surface area contributed by atoms with Gasteiger partial charge in [0.05, 0.1) is 29.4 Å². The van der Waals surface area contributed by atoms with Crippen molar-refractivity contribution >= 4 is 21.8 Å². The largest absolute Gasteiger partial charge is 0.463 e. The van der Waals surface area contributed by atoms with Gasteiger partial charge in [-0.1, -0.05) is 25.4 Å². The predicted molar refractivity (Wildman–Crippen MR) is 119 cm³/mol. The number of ether oxygens (including phenoxy) is 1. The highest BCUT2D eigenvalue weighted by molar-refractivity contribution is 7.91. The van der Waals surface area contributed by atoms with E-state index in [0.717, 1.165) is 5.56 Å². The van der Waals surface area contributed by atoms with Crippen LogP contribution in [0.5, 0.6) is 5.95 Å². The molecule has 9 nitrogen and oxygen atoms in total. The van der Waals surface area contributed by atoms with E-state index in [9.17, 15) is 18.0 Å². The summed E-state index contributed by atoms with van der Waals surface area (Å²) in [5.41, 5.74) is 1.47. The number of nitrogens with one attached hydrogen (secondary N) is 1. The van der Waals surface area contributed by atoms with E-state index in [1.807, 2.05) is 6.92 Å². The van der Waals surface area contributed by atoms with E-state index >= 15 is 0 Å². The molecule has 1 atom stereocenters. The summed E-state index contributed by atoms with van der Waals surface area (Å²) in [6, 6.07) is -0.373. The molecule has 3 amide bonds. The Morgan fingerprint density at radius 3 is 2.59 bits per heavy atom. The SMILES string of the molecule is Cc1c([C@@H](CC(C)C)CS(=O)(=O)CCCCCN2CC(=O)NC2=O)noc1OCC1CC1. The third kappa shape index (κ3) is 7.21. The third-order valence-corrected chi connectivity index (χ3v) is 7.73. The normalized spacial score (nSPS) is 17.8. The Morgan fingerprint density at radius 1 is 1.22 bits per heavy atom. The molecule has 32 heavy (non-hydrogen) atoms. The molecule has 3 rings (SSSR count). The molecule has 1 saturated heterocycles. The number of hydrogen-bond acceptors (Lipinski definition) is 7. The lowest BCUT2D eigenvalue weighted by Crippen LogP contribution is -2.29. The van der Waals surface area contributed by atoms with E-state index in [2.05, 4.69) is 24.3 Å². The van der Waals surface area contributed by atoms with Gasteiger partial charge in [-0.05, 0) is 50.9 Å². The van der Waals surface area contributed by atoms with Crippen LogP contribution in [-0.4, -0.2) is 61.6 Å². The molecule has 2 heterocycles. The Balaban J connectivity index is 1.50. The fraction of sp³-hybridized carbons (Fsp3) is 0.773. The average molecular weight is 470 g/mol. The van der Waals surface area contributed by atoms with Gasteiger partial charge in [-0.25, -0.2) is 13.2 Å². The van der Waals surface area contributed by atoms with Crippen molar-refractivity contribution in [2.75, 3.05) is 31.2 Å². The van der Waals surface area contributed by atoms with Gasteiger partial charge in [0.1, 0.15) is 6.54 Å². The van der Waals surface area contributed by atoms with Crippen molar-refractivity contribution in [3.8, 4) is 5.95 Å². The van der Waals surface area contributed by atoms with E-state index in [-0.39, 0.29) is 35.9 Å². The van der Waals surface area contributed by atoms with Gasteiger partial charge in [0.25, 0.3) is 0 Å². The van der Waals surface area contributed by atoms with E-state index < -0.39 is 9.84 Å². The second-order valence-corrected chi connectivity index (χ2v) is 11.7. The first-order valence-electron chi connectivity index (χ1n) is 11.5. The number of amides is 3. The van der Waals surface area contributed by atoms with Crippen LogP contribution in [0.4, 0.5) is 4.79 Å². The number of rotatable bonds is 14. The van der Waals surface area contributed by atoms with Gasteiger partial charge in [0.2, 0.25) is 5.91 Å². The number of urea groups is 1. The Morgan fingerprint density at radius 2 is 1.97 bits per heavy atom. The highest BCUT2D eigenvalue weighted by atomic mass is 32.2. The molecule has 0 bridgehead atoms. The monoisotopic (exact) mass is 469 g/mol. The van der Waals surface area contributed by atoms with E-state index in [4.69, 9.17) is 9.26 Å². The first-order valence-corrected chi connectivity index (χ1v) is 13.3. The third-order valence-electron chi connectivity index (χ3n) is 5.91. The predicted octanol–water partition coefficient (Wildman–Crippen LogP) is 3.04. The highest BCUT2D eigenvalue weighted by Gasteiger charge is 2.29. The highest BCUT2D eigenvalue weighted by Crippen LogP contribution is 2.34. The average Bonchev–Trinajstić information content (AvgIpc) is 3.37. The molecule has 180 valence electrons. The molecule has 0 aromatic carbocycles. The van der Waals surface area contributed by atoms with Crippen molar-refractivity contribution in [2.24, 2.45) is 11.8 Å². The smallest absolute Gasteiger partial charge is 0.324 e. The molecule has 1 N–H and O–H groups in total. The molecular formula is C22H35N3O6S. The fourth-order valence-corrected chi connectivity index (χ4v) is 5.73. The van der Waals surface area contributed by atoms with Crippen LogP contribution in [0.2, 0.25) is 0 Å². The van der Waals surface area contributed by atoms with Crippen LogP contribution in [0.1, 0.15) is 69.5 Å². The number of sulfone groups is 1. The number of nitrogens with zero attached hydrogens (tertiary/aromatic N) is 2. The zero-order valence-electron chi connectivity index (χ0n) is 19.3. The van der Waals surface area contributed by atoms with Gasteiger partial charge in [0, 0.05) is 12.5 Å². The molecule has 0 radical (unpaired) electrons. The number of hydrogen-bond donors (Lipinski definition) is 1. The van der Waals surface area contributed by atoms with Gasteiger partial charge in [-0.2, -0.15) is 0 Å². The van der Waals surface area contributed by atoms with E-state index in [1.54, 1.807) is 0 Å². The molecule has 2 fully saturated rings. The number of carbonyl (C=O) groups excluding carboxylic acids is 2. The summed E-state index contributed by atoms with van der Waals surface area (Å²) in [6.45, 7) is 7.17. The lowest BCUT2D eigenvalue weighted by molar-refractivity contribution is -0.118. The van der Waals surface area contributed by atoms with Gasteiger partial charge in [0.15, 0.2) is 9.84 Å². The molecule has 1 saturated carbocycles. The molecule has 1 aromatic heterocycles. The standard InChI is InChI=1S/C22H35N3O6S/c1-15(2)11-18(20-16(3)21(31-24-20)30-13-17-7-8-17)14-32(28,29)10-6-4-5-9-25-12-19(26)23-22(25)27/h15,17-18H,4-14H2,1-3H3,(H,23,26,27)/t18-/m0/s1. The van der Waals surface area contributed by atoms with Crippen LogP contribution < -0.4 is 10.1 Å². The summed E-state index contributed by atoms with van der Waals surface area (Å²) in [6.07, 6.45) is 4.92. The van der Waals surface area contributed by atoms with Gasteiger partial charge < -0.3 is 14.2 Å². The number of carbonyl (C=O) groups is 2. The summed E-state index contributed by atoms with van der Waals surface area (Å²) in [7, 11) is -3.29. The second-order valence-electron chi connectivity index (χ2n) is 9.51. The van der Waals surface area contributed by atoms with Crippen molar-refractivity contribution in [1.82, 2.24) is 15.4 Å². The quantitative estimate of drug-likeness (QED) is 0.328. The number of unbranched alkanes of at least 4 members (excludes halogenated alkanes) is 2. The molecule has 1 aliphatic carbocycles. The zero-order chi connectivity index (χ0) is 23.3. The molecular weight excluding hydrogens is 434 g/mol. The molecule has 2 aliphatic rings. The van der Waals surface area contributed by atoms with Crippen LogP contribution in [0.3, 0.4) is 0 Å². The minimum atomic E-state index is -3.29. The Kier molecular flexibility index (Phi) is 8.19. The number of aromatic nitrogens is 1. The molecule has 10 heteroatoms. The summed E-state index contributed by atoms with van der Waals surface area (Å²) < 4.78 is 36.8. The molecule has 0 spiro atoms. The van der Waals surface area contributed by atoms with Crippen LogP contribution in [0, 0.1) is 18.8 Å². The first-order chi connectivity index (χ1) is 15.1. The lowest BCUT2D eigenvalue weighted by Gasteiger charge is -2.18. The lowest BCUT2D eigenvalue weighted by atomic mass is 9.94. The van der Waals surface area contributed by atoms with Crippen LogP contribution >= 0.6 is 0 Å². The van der Waals surface area contributed by atoms with Crippen molar-refractivity contribution in [3.05, 3.63) is 11.3 Å². The van der Waals surface area contributed by atoms with Crippen LogP contribution in [-0.2, 0) is 14.6 Å². The summed E-state index contributed by atoms with van der Waals surface area (Å²) in [5, 5.41) is 6.42. The summed E-state index contributed by atoms with van der Waals surface area (Å²) in [4.78, 5) is 24.2. The minimum absolute atomic E-state index is 0.0314. The minimum Gasteiger partial charge on any atom is -0.463 e. The Bertz CT molecular complexity index is 907.